The number of hydrogen-bond donors (Lipinski definition) is 0. The summed E-state index contributed by atoms with van der Waals surface area (Å²) in [7, 11) is -1.74. The number of hydrogen-bond acceptors (Lipinski definition) is 1. The molecule has 0 saturated carbocycles. The quantitative estimate of drug-likeness (QED) is 0.469. The molecule has 0 spiro atoms. The van der Waals surface area contributed by atoms with Crippen LogP contribution in [0.4, 0.5) is 0 Å². The molecule has 0 N–H and O–H groups in total. The molecule has 0 radical (unpaired) electrons. The third kappa shape index (κ3) is 3.55. The summed E-state index contributed by atoms with van der Waals surface area (Å²) in [5, 5.41) is 0. The Morgan fingerprint density at radius 1 is 1.43 bits per heavy atom. The molecule has 1 nitrogen and oxygen atoms in total. The van der Waals surface area contributed by atoms with Crippen molar-refractivity contribution in [2.24, 2.45) is 0 Å². The first-order chi connectivity index (χ1) is 2.94. The molecule has 0 aliphatic heterocycles. The van der Waals surface area contributed by atoms with E-state index in [1.807, 2.05) is 0 Å². The van der Waals surface area contributed by atoms with Gasteiger partial charge < -0.3 is 0 Å². The van der Waals surface area contributed by atoms with Gasteiger partial charge in [-0.3, -0.25) is 4.21 Å². The first kappa shape index (κ1) is 7.98. The van der Waals surface area contributed by atoms with Crippen molar-refractivity contribution in [2.75, 3.05) is 12.5 Å². The Hall–Kier alpha value is 0.980. The Kier molecular flexibility index (Phi) is 2.86. The zero-order chi connectivity index (χ0) is 6.08. The summed E-state index contributed by atoms with van der Waals surface area (Å²) in [5.74, 6) is 0. The maximum Gasteiger partial charge on any atom is 0.112 e. The van der Waals surface area contributed by atoms with Crippen LogP contribution in [0.15, 0.2) is 0 Å². The molecule has 0 unspecified atom stereocenters. The summed E-state index contributed by atoms with van der Waals surface area (Å²) in [5.41, 5.74) is 0. The highest BCUT2D eigenvalue weighted by molar-refractivity contribution is 9.41. The van der Waals surface area contributed by atoms with Crippen molar-refractivity contribution in [2.45, 2.75) is 0 Å². The fourth-order valence-corrected chi connectivity index (χ4v) is 0. The average Bonchev–Trinajstić information content (AvgIpc) is 1.31. The molecule has 0 rings (SSSR count). The van der Waals surface area contributed by atoms with Crippen LogP contribution in [0.5, 0.6) is 0 Å². The summed E-state index contributed by atoms with van der Waals surface area (Å²) in [6.45, 7) is 0. The van der Waals surface area contributed by atoms with Gasteiger partial charge in [0.2, 0.25) is 0 Å². The Balaban J connectivity index is 4.67. The number of rotatable bonds is 0. The molecular formula is C3H6Br2OS. The van der Waals surface area contributed by atoms with Crippen LogP contribution in [0.1, 0.15) is 0 Å². The lowest BCUT2D eigenvalue weighted by atomic mass is 11.9. The van der Waals surface area contributed by atoms with E-state index in [1.54, 1.807) is 12.5 Å². The molecule has 0 aromatic rings. The van der Waals surface area contributed by atoms with Crippen LogP contribution >= 0.6 is 31.9 Å². The second kappa shape index (κ2) is 2.51. The van der Waals surface area contributed by atoms with E-state index < -0.39 is 9.52 Å². The van der Waals surface area contributed by atoms with Crippen LogP contribution in [0.3, 0.4) is 0 Å². The van der Waals surface area contributed by atoms with Crippen LogP contribution < -0.4 is 0 Å². The van der Waals surface area contributed by atoms with Crippen molar-refractivity contribution < 1.29 is 4.21 Å². The van der Waals surface area contributed by atoms with Gasteiger partial charge in [-0.1, -0.05) is 0 Å². The van der Waals surface area contributed by atoms with Gasteiger partial charge in [0.1, 0.15) is 2.68 Å². The Morgan fingerprint density at radius 2 is 1.57 bits per heavy atom. The lowest BCUT2D eigenvalue weighted by Gasteiger charge is -1.90. The maximum absolute atomic E-state index is 10.8. The molecule has 0 heterocycles. The van der Waals surface area contributed by atoms with Crippen molar-refractivity contribution >= 4 is 44.1 Å². The second-order valence-corrected chi connectivity index (χ2v) is 8.03. The van der Waals surface area contributed by atoms with Crippen molar-refractivity contribution in [3.05, 3.63) is 0 Å². The molecule has 7 heavy (non-hydrogen) atoms. The molecular weight excluding hydrogens is 244 g/mol. The smallest absolute Gasteiger partial charge is 0.112 e. The van der Waals surface area contributed by atoms with Crippen molar-refractivity contribution in [3.8, 4) is 0 Å². The van der Waals surface area contributed by atoms with E-state index >= 15 is 0 Å². The van der Waals surface area contributed by atoms with Gasteiger partial charge in [0, 0.05) is 12.5 Å². The second-order valence-electron chi connectivity index (χ2n) is 1.46. The van der Waals surface area contributed by atoms with Crippen LogP contribution in [-0.2, 0) is 9.52 Å². The first-order valence-electron chi connectivity index (χ1n) is 1.57. The van der Waals surface area contributed by atoms with E-state index in [9.17, 15) is 4.21 Å². The van der Waals surface area contributed by atoms with E-state index in [0.29, 0.717) is 2.68 Å². The molecule has 44 valence electrons. The number of halogens is 2. The highest BCUT2D eigenvalue weighted by Gasteiger charge is 1.92. The standard InChI is InChI=1S/C3H6Br2OS/c1-7(2,6)3(4)5/h1-2H3. The molecule has 0 atom stereocenters. The van der Waals surface area contributed by atoms with E-state index in [-0.39, 0.29) is 0 Å². The lowest BCUT2D eigenvalue weighted by molar-refractivity contribution is 0.688. The lowest BCUT2D eigenvalue weighted by Crippen LogP contribution is -1.96. The Labute approximate surface area is 60.8 Å². The van der Waals surface area contributed by atoms with Gasteiger partial charge in [-0.2, -0.15) is 0 Å². The predicted molar refractivity (Wildman–Crippen MR) is 42.9 cm³/mol. The van der Waals surface area contributed by atoms with Crippen molar-refractivity contribution in [3.63, 3.8) is 0 Å². The van der Waals surface area contributed by atoms with Gasteiger partial charge in [0.05, 0.1) is 0 Å². The third-order valence-electron chi connectivity index (χ3n) is 0.372. The van der Waals surface area contributed by atoms with E-state index in [1.165, 1.54) is 0 Å². The Morgan fingerprint density at radius 3 is 1.57 bits per heavy atom. The minimum absolute atomic E-state index is 0.646. The zero-order valence-electron chi connectivity index (χ0n) is 4.07. The van der Waals surface area contributed by atoms with Crippen LogP contribution in [0, 0.1) is 0 Å². The first-order valence-corrected chi connectivity index (χ1v) is 5.53. The van der Waals surface area contributed by atoms with Gasteiger partial charge in [0.15, 0.2) is 0 Å². The van der Waals surface area contributed by atoms with Gasteiger partial charge in [-0.05, 0) is 41.4 Å². The van der Waals surface area contributed by atoms with E-state index in [2.05, 4.69) is 31.9 Å². The van der Waals surface area contributed by atoms with Gasteiger partial charge in [0.25, 0.3) is 0 Å². The van der Waals surface area contributed by atoms with Crippen molar-refractivity contribution in [1.82, 2.24) is 0 Å². The summed E-state index contributed by atoms with van der Waals surface area (Å²) >= 11 is 6.11. The summed E-state index contributed by atoms with van der Waals surface area (Å²) < 4.78 is 11.4. The molecule has 4 heteroatoms. The fourth-order valence-electron chi connectivity index (χ4n) is 0. The molecule has 0 aliphatic rings. The summed E-state index contributed by atoms with van der Waals surface area (Å²) in [6.07, 6.45) is 3.32. The van der Waals surface area contributed by atoms with Gasteiger partial charge >= 0.3 is 0 Å². The molecule has 0 saturated heterocycles. The SMILES string of the molecule is CS(C)(=O)=C(Br)Br. The largest absolute Gasteiger partial charge is 0.266 e. The predicted octanol–water partition coefficient (Wildman–Crippen LogP) is 1.41. The zero-order valence-corrected chi connectivity index (χ0v) is 8.06. The van der Waals surface area contributed by atoms with Gasteiger partial charge in [-0.15, -0.1) is 0 Å². The molecule has 0 aromatic heterocycles. The van der Waals surface area contributed by atoms with E-state index in [4.69, 9.17) is 0 Å². The minimum atomic E-state index is -1.74. The monoisotopic (exact) mass is 248 g/mol. The van der Waals surface area contributed by atoms with Crippen molar-refractivity contribution in [1.29, 1.82) is 0 Å². The highest BCUT2D eigenvalue weighted by atomic mass is 79.9. The maximum atomic E-state index is 10.8. The summed E-state index contributed by atoms with van der Waals surface area (Å²) in [6, 6.07) is 0. The third-order valence-corrected chi connectivity index (χ3v) is 5.79. The van der Waals surface area contributed by atoms with Gasteiger partial charge in [-0.25, -0.2) is 0 Å². The molecule has 0 aliphatic carbocycles. The molecule has 0 fully saturated rings. The topological polar surface area (TPSA) is 17.1 Å². The normalized spacial score (nSPS) is 11.4. The highest BCUT2D eigenvalue weighted by Crippen LogP contribution is 2.01. The van der Waals surface area contributed by atoms with Crippen LogP contribution in [-0.4, -0.2) is 19.4 Å². The molecule has 0 amide bonds. The molecule has 0 aromatic carbocycles. The minimum Gasteiger partial charge on any atom is -0.266 e. The fraction of sp³-hybridized carbons (Fsp3) is 0.667. The van der Waals surface area contributed by atoms with Crippen LogP contribution in [0.25, 0.3) is 0 Å². The Bertz CT molecular complexity index is 154. The average molecular weight is 250 g/mol. The van der Waals surface area contributed by atoms with Crippen LogP contribution in [0.2, 0.25) is 0 Å². The molecule has 0 bridgehead atoms. The summed E-state index contributed by atoms with van der Waals surface area (Å²) in [4.78, 5) is 0. The van der Waals surface area contributed by atoms with E-state index in [0.717, 1.165) is 0 Å².